The molecule has 0 atom stereocenters. The van der Waals surface area contributed by atoms with Crippen LogP contribution in [0.15, 0.2) is 41.1 Å². The fourth-order valence-corrected chi connectivity index (χ4v) is 3.72. The number of anilines is 2. The molecule has 0 fully saturated rings. The van der Waals surface area contributed by atoms with Crippen LogP contribution in [0, 0.1) is 0 Å². The Morgan fingerprint density at radius 3 is 2.79 bits per heavy atom. The second-order valence-electron chi connectivity index (χ2n) is 3.70. The lowest BCUT2D eigenvalue weighted by Gasteiger charge is -2.07. The number of aromatic nitrogens is 3. The zero-order valence-electron chi connectivity index (χ0n) is 9.52. The number of hydrogen-bond donors (Lipinski definition) is 2. The van der Waals surface area contributed by atoms with Crippen molar-refractivity contribution in [2.24, 2.45) is 0 Å². The molecule has 0 aliphatic carbocycles. The van der Waals surface area contributed by atoms with Gasteiger partial charge in [-0.15, -0.1) is 11.3 Å². The molecule has 3 N–H and O–H groups in total. The van der Waals surface area contributed by atoms with Crippen LogP contribution in [0.25, 0.3) is 4.96 Å². The van der Waals surface area contributed by atoms with E-state index in [1.807, 2.05) is 0 Å². The summed E-state index contributed by atoms with van der Waals surface area (Å²) < 4.78 is 28.5. The zero-order chi connectivity index (χ0) is 13.5. The molecule has 98 valence electrons. The molecule has 9 heteroatoms. The molecule has 0 bridgehead atoms. The summed E-state index contributed by atoms with van der Waals surface area (Å²) in [6, 6.07) is 3.11. The number of imidazole rings is 1. The lowest BCUT2D eigenvalue weighted by molar-refractivity contribution is 0.597. The number of hydrogen-bond acceptors (Lipinski definition) is 6. The van der Waals surface area contributed by atoms with Gasteiger partial charge in [0.1, 0.15) is 0 Å². The first-order valence-electron chi connectivity index (χ1n) is 5.22. The molecule has 3 heterocycles. The van der Waals surface area contributed by atoms with Crippen LogP contribution >= 0.6 is 11.3 Å². The Kier molecular flexibility index (Phi) is 2.64. The number of fused-ring (bicyclic) bond motifs is 1. The van der Waals surface area contributed by atoms with Crippen LogP contribution in [0.4, 0.5) is 11.5 Å². The summed E-state index contributed by atoms with van der Waals surface area (Å²) in [7, 11) is -3.79. The Bertz CT molecular complexity index is 822. The molecule has 19 heavy (non-hydrogen) atoms. The summed E-state index contributed by atoms with van der Waals surface area (Å²) in [5.74, 6) is -0.0200. The number of sulfonamides is 1. The molecular weight excluding hydrogens is 286 g/mol. The largest absolute Gasteiger partial charge is 0.381 e. The van der Waals surface area contributed by atoms with Gasteiger partial charge in [-0.2, -0.15) is 8.42 Å². The van der Waals surface area contributed by atoms with Crippen LogP contribution in [0.5, 0.6) is 0 Å². The number of thiazole rings is 1. The van der Waals surface area contributed by atoms with E-state index in [1.165, 1.54) is 28.1 Å². The van der Waals surface area contributed by atoms with Gasteiger partial charge in [0.2, 0.25) is 5.03 Å². The molecule has 0 amide bonds. The van der Waals surface area contributed by atoms with Crippen LogP contribution in [0.1, 0.15) is 0 Å². The maximum atomic E-state index is 12.3. The first-order valence-corrected chi connectivity index (χ1v) is 7.58. The van der Waals surface area contributed by atoms with E-state index in [4.69, 9.17) is 5.73 Å². The molecule has 0 saturated carbocycles. The normalized spacial score (nSPS) is 11.8. The highest BCUT2D eigenvalue weighted by molar-refractivity contribution is 7.92. The molecule has 3 rings (SSSR count). The lowest BCUT2D eigenvalue weighted by Crippen LogP contribution is -2.16. The van der Waals surface area contributed by atoms with Crippen LogP contribution in [-0.4, -0.2) is 22.8 Å². The van der Waals surface area contributed by atoms with Crippen molar-refractivity contribution in [3.63, 3.8) is 0 Å². The fraction of sp³-hybridized carbons (Fsp3) is 0. The van der Waals surface area contributed by atoms with Gasteiger partial charge in [-0.3, -0.25) is 14.1 Å². The number of nitrogen functional groups attached to an aromatic ring is 1. The molecule has 0 aliphatic rings. The first-order chi connectivity index (χ1) is 9.08. The van der Waals surface area contributed by atoms with Crippen molar-refractivity contribution < 1.29 is 8.42 Å². The molecule has 0 aliphatic heterocycles. The molecule has 3 aromatic heterocycles. The summed E-state index contributed by atoms with van der Waals surface area (Å²) in [5.41, 5.74) is 6.10. The third-order valence-electron chi connectivity index (χ3n) is 2.43. The number of pyridine rings is 1. The fourth-order valence-electron chi connectivity index (χ4n) is 1.67. The van der Waals surface area contributed by atoms with E-state index >= 15 is 0 Å². The minimum atomic E-state index is -3.79. The lowest BCUT2D eigenvalue weighted by atomic mass is 10.4. The monoisotopic (exact) mass is 295 g/mol. The Hall–Kier alpha value is -2.13. The van der Waals surface area contributed by atoms with Gasteiger partial charge >= 0.3 is 0 Å². The maximum Gasteiger partial charge on any atom is 0.281 e. The molecular formula is C10H9N5O2S2. The summed E-state index contributed by atoms with van der Waals surface area (Å²) >= 11 is 1.31. The standard InChI is InChI=1S/C10H9N5O2S2/c11-8-9(15-5-6-18-10(15)13-8)19(16,17)14-7-1-3-12-4-2-7/h1-6H,11H2,(H,12,14). The van der Waals surface area contributed by atoms with Crippen molar-refractivity contribution in [1.82, 2.24) is 14.4 Å². The molecule has 0 radical (unpaired) electrons. The van der Waals surface area contributed by atoms with Gasteiger partial charge in [-0.05, 0) is 12.1 Å². The molecule has 0 aromatic carbocycles. The zero-order valence-corrected chi connectivity index (χ0v) is 11.1. The van der Waals surface area contributed by atoms with Gasteiger partial charge < -0.3 is 5.73 Å². The van der Waals surface area contributed by atoms with Gasteiger partial charge in [0.25, 0.3) is 10.0 Å². The summed E-state index contributed by atoms with van der Waals surface area (Å²) in [6.07, 6.45) is 4.61. The highest BCUT2D eigenvalue weighted by Crippen LogP contribution is 2.25. The number of nitrogens with two attached hydrogens (primary N) is 1. The second-order valence-corrected chi connectivity index (χ2v) is 6.17. The van der Waals surface area contributed by atoms with Crippen LogP contribution in [0.3, 0.4) is 0 Å². The van der Waals surface area contributed by atoms with Crippen LogP contribution < -0.4 is 10.5 Å². The van der Waals surface area contributed by atoms with E-state index in [9.17, 15) is 8.42 Å². The molecule has 0 spiro atoms. The topological polar surface area (TPSA) is 102 Å². The molecule has 3 aromatic rings. The van der Waals surface area contributed by atoms with E-state index in [2.05, 4.69) is 14.7 Å². The molecule has 0 saturated heterocycles. The van der Waals surface area contributed by atoms with E-state index in [-0.39, 0.29) is 10.8 Å². The predicted molar refractivity (Wildman–Crippen MR) is 72.5 cm³/mol. The average Bonchev–Trinajstić information content (AvgIpc) is 2.88. The van der Waals surface area contributed by atoms with Gasteiger partial charge in [0.15, 0.2) is 10.8 Å². The SMILES string of the molecule is Nc1nc2sccn2c1S(=O)(=O)Nc1ccncc1. The number of rotatable bonds is 3. The van der Waals surface area contributed by atoms with Crippen LogP contribution in [-0.2, 0) is 10.0 Å². The second kappa shape index (κ2) is 4.21. The average molecular weight is 295 g/mol. The van der Waals surface area contributed by atoms with Gasteiger partial charge in [0.05, 0.1) is 5.69 Å². The predicted octanol–water partition coefficient (Wildman–Crippen LogP) is 1.17. The summed E-state index contributed by atoms with van der Waals surface area (Å²) in [6.45, 7) is 0. The van der Waals surface area contributed by atoms with Gasteiger partial charge in [-0.1, -0.05) is 0 Å². The highest BCUT2D eigenvalue weighted by Gasteiger charge is 2.24. The van der Waals surface area contributed by atoms with E-state index in [0.29, 0.717) is 10.6 Å². The molecule has 7 nitrogen and oxygen atoms in total. The minimum Gasteiger partial charge on any atom is -0.381 e. The Morgan fingerprint density at radius 2 is 2.05 bits per heavy atom. The van der Waals surface area contributed by atoms with Crippen molar-refractivity contribution in [2.75, 3.05) is 10.5 Å². The first kappa shape index (κ1) is 11.9. The Morgan fingerprint density at radius 1 is 1.32 bits per heavy atom. The highest BCUT2D eigenvalue weighted by atomic mass is 32.2. The third-order valence-corrected chi connectivity index (χ3v) is 4.61. The minimum absolute atomic E-state index is 0.0200. The maximum absolute atomic E-state index is 12.3. The van der Waals surface area contributed by atoms with Gasteiger partial charge in [-0.25, -0.2) is 4.98 Å². The quantitative estimate of drug-likeness (QED) is 0.755. The van der Waals surface area contributed by atoms with Crippen LogP contribution in [0.2, 0.25) is 0 Å². The number of nitrogens with one attached hydrogen (secondary N) is 1. The van der Waals surface area contributed by atoms with Crippen molar-refractivity contribution in [3.8, 4) is 0 Å². The Balaban J connectivity index is 2.10. The van der Waals surface area contributed by atoms with E-state index < -0.39 is 10.0 Å². The summed E-state index contributed by atoms with van der Waals surface area (Å²) in [4.78, 5) is 8.37. The third kappa shape index (κ3) is 2.02. The van der Waals surface area contributed by atoms with Gasteiger partial charge in [0, 0.05) is 24.0 Å². The molecule has 0 unspecified atom stereocenters. The van der Waals surface area contributed by atoms with Crippen molar-refractivity contribution in [1.29, 1.82) is 0 Å². The van der Waals surface area contributed by atoms with Crippen molar-refractivity contribution in [2.45, 2.75) is 5.03 Å². The smallest absolute Gasteiger partial charge is 0.281 e. The van der Waals surface area contributed by atoms with Crippen molar-refractivity contribution in [3.05, 3.63) is 36.1 Å². The number of nitrogens with zero attached hydrogens (tertiary/aromatic N) is 3. The van der Waals surface area contributed by atoms with Crippen molar-refractivity contribution >= 4 is 37.8 Å². The van der Waals surface area contributed by atoms with E-state index in [1.54, 1.807) is 23.7 Å². The summed E-state index contributed by atoms with van der Waals surface area (Å²) in [5, 5.41) is 1.69. The van der Waals surface area contributed by atoms with E-state index in [0.717, 1.165) is 0 Å². The Labute approximate surface area is 112 Å².